The Morgan fingerprint density at radius 1 is 0.926 bits per heavy atom. The molecule has 0 saturated carbocycles. The van der Waals surface area contributed by atoms with Gasteiger partial charge in [-0.15, -0.1) is 0 Å². The van der Waals surface area contributed by atoms with Gasteiger partial charge in [0.05, 0.1) is 5.39 Å². The van der Waals surface area contributed by atoms with E-state index in [1.807, 2.05) is 37.3 Å². The van der Waals surface area contributed by atoms with Crippen LogP contribution in [0.1, 0.15) is 11.1 Å². The van der Waals surface area contributed by atoms with Gasteiger partial charge in [0.1, 0.15) is 18.0 Å². The second-order valence-electron chi connectivity index (χ2n) is 6.37. The first-order valence-electron chi connectivity index (χ1n) is 8.62. The summed E-state index contributed by atoms with van der Waals surface area (Å²) in [5, 5.41) is 0.461. The molecule has 134 valence electrons. The Morgan fingerprint density at radius 2 is 1.63 bits per heavy atom. The number of hydrogen-bond donors (Lipinski definition) is 0. The fraction of sp³-hybridized carbons (Fsp3) is 0.0870. The third-order valence-electron chi connectivity index (χ3n) is 4.37. The molecular weight excluding hydrogens is 343 g/mol. The number of para-hydroxylation sites is 1. The van der Waals surface area contributed by atoms with Crippen LogP contribution in [0.15, 0.2) is 82.0 Å². The molecule has 3 aromatic carbocycles. The number of aryl methyl sites for hydroxylation is 1. The van der Waals surface area contributed by atoms with E-state index in [0.717, 1.165) is 16.7 Å². The van der Waals surface area contributed by atoms with E-state index in [9.17, 15) is 9.18 Å². The van der Waals surface area contributed by atoms with Gasteiger partial charge in [0, 0.05) is 5.56 Å². The van der Waals surface area contributed by atoms with Crippen molar-refractivity contribution in [2.24, 2.45) is 0 Å². The van der Waals surface area contributed by atoms with Gasteiger partial charge in [0.15, 0.2) is 5.76 Å². The van der Waals surface area contributed by atoms with Crippen molar-refractivity contribution in [3.05, 3.63) is 100.0 Å². The topological polar surface area (TPSA) is 39.4 Å². The molecule has 0 unspecified atom stereocenters. The summed E-state index contributed by atoms with van der Waals surface area (Å²) in [6.07, 6.45) is 0. The second kappa shape index (κ2) is 7.08. The Bertz CT molecular complexity index is 1140. The van der Waals surface area contributed by atoms with Crippen LogP contribution in [0.5, 0.6) is 5.75 Å². The lowest BCUT2D eigenvalue weighted by molar-refractivity contribution is 0.297. The Morgan fingerprint density at radius 3 is 2.37 bits per heavy atom. The number of fused-ring (bicyclic) bond motifs is 1. The van der Waals surface area contributed by atoms with E-state index in [2.05, 4.69) is 0 Å². The second-order valence-corrected chi connectivity index (χ2v) is 6.37. The maximum atomic E-state index is 13.1. The Hall–Kier alpha value is -3.40. The van der Waals surface area contributed by atoms with Crippen LogP contribution in [0.3, 0.4) is 0 Å². The molecule has 0 aliphatic carbocycles. The molecule has 0 radical (unpaired) electrons. The van der Waals surface area contributed by atoms with E-state index < -0.39 is 0 Å². The highest BCUT2D eigenvalue weighted by Crippen LogP contribution is 2.31. The molecule has 1 heterocycles. The van der Waals surface area contributed by atoms with Crippen LogP contribution in [0.25, 0.3) is 22.3 Å². The minimum absolute atomic E-state index is 0.141. The molecule has 1 aromatic heterocycles. The molecule has 0 saturated heterocycles. The van der Waals surface area contributed by atoms with Crippen LogP contribution in [0, 0.1) is 12.7 Å². The largest absolute Gasteiger partial charge is 0.481 e. The highest BCUT2D eigenvalue weighted by Gasteiger charge is 2.17. The van der Waals surface area contributed by atoms with Gasteiger partial charge in [-0.2, -0.15) is 0 Å². The molecule has 4 rings (SSSR count). The standard InChI is InChI=1S/C23H17FO3/c1-15-6-10-17(11-7-15)22-23(26-14-16-8-12-18(24)13-9-16)21(25)19-4-2-3-5-20(19)27-22/h2-13H,14H2,1H3. The zero-order valence-corrected chi connectivity index (χ0v) is 14.7. The first-order chi connectivity index (χ1) is 13.1. The number of halogens is 1. The molecule has 0 aliphatic rings. The molecule has 0 atom stereocenters. The molecule has 0 amide bonds. The summed E-state index contributed by atoms with van der Waals surface area (Å²) in [5.41, 5.74) is 2.91. The van der Waals surface area contributed by atoms with E-state index >= 15 is 0 Å². The van der Waals surface area contributed by atoms with Gasteiger partial charge in [-0.25, -0.2) is 4.39 Å². The Labute approximate surface area is 155 Å². The van der Waals surface area contributed by atoms with Crippen molar-refractivity contribution in [3.8, 4) is 17.1 Å². The monoisotopic (exact) mass is 360 g/mol. The van der Waals surface area contributed by atoms with Gasteiger partial charge in [-0.3, -0.25) is 4.79 Å². The van der Waals surface area contributed by atoms with Gasteiger partial charge in [-0.1, -0.05) is 54.1 Å². The van der Waals surface area contributed by atoms with Gasteiger partial charge in [0.25, 0.3) is 0 Å². The lowest BCUT2D eigenvalue weighted by Gasteiger charge is -2.12. The van der Waals surface area contributed by atoms with E-state index in [4.69, 9.17) is 9.15 Å². The summed E-state index contributed by atoms with van der Waals surface area (Å²) in [4.78, 5) is 13.0. The molecule has 0 fully saturated rings. The summed E-state index contributed by atoms with van der Waals surface area (Å²) >= 11 is 0. The maximum Gasteiger partial charge on any atom is 0.235 e. The lowest BCUT2D eigenvalue weighted by atomic mass is 10.1. The van der Waals surface area contributed by atoms with Crippen LogP contribution in [0.2, 0.25) is 0 Å². The fourth-order valence-electron chi connectivity index (χ4n) is 2.89. The first kappa shape index (κ1) is 17.0. The van der Waals surface area contributed by atoms with Crippen molar-refractivity contribution >= 4 is 11.0 Å². The molecule has 0 bridgehead atoms. The van der Waals surface area contributed by atoms with E-state index in [1.54, 1.807) is 30.3 Å². The molecule has 0 N–H and O–H groups in total. The SMILES string of the molecule is Cc1ccc(-c2oc3ccccc3c(=O)c2OCc2ccc(F)cc2)cc1. The molecule has 0 aliphatic heterocycles. The normalized spacial score (nSPS) is 10.9. The number of rotatable bonds is 4. The molecule has 3 nitrogen and oxygen atoms in total. The van der Waals surface area contributed by atoms with Crippen molar-refractivity contribution in [3.63, 3.8) is 0 Å². The first-order valence-corrected chi connectivity index (χ1v) is 8.62. The average Bonchev–Trinajstić information content (AvgIpc) is 2.69. The summed E-state index contributed by atoms with van der Waals surface area (Å²) in [6.45, 7) is 2.13. The highest BCUT2D eigenvalue weighted by atomic mass is 19.1. The third-order valence-corrected chi connectivity index (χ3v) is 4.37. The molecule has 4 aromatic rings. The smallest absolute Gasteiger partial charge is 0.235 e. The van der Waals surface area contributed by atoms with Crippen LogP contribution in [-0.2, 0) is 6.61 Å². The minimum atomic E-state index is -0.315. The van der Waals surface area contributed by atoms with Crippen LogP contribution in [0.4, 0.5) is 4.39 Å². The van der Waals surface area contributed by atoms with Crippen LogP contribution < -0.4 is 10.2 Å². The highest BCUT2D eigenvalue weighted by molar-refractivity contribution is 5.81. The average molecular weight is 360 g/mol. The van der Waals surface area contributed by atoms with Crippen LogP contribution in [-0.4, -0.2) is 0 Å². The Kier molecular flexibility index (Phi) is 4.47. The van der Waals surface area contributed by atoms with E-state index in [1.165, 1.54) is 12.1 Å². The molecular formula is C23H17FO3. The van der Waals surface area contributed by atoms with Gasteiger partial charge in [0.2, 0.25) is 11.2 Å². The van der Waals surface area contributed by atoms with Crippen molar-refractivity contribution < 1.29 is 13.5 Å². The maximum absolute atomic E-state index is 13.1. The predicted octanol–water partition coefficient (Wildman–Crippen LogP) is 5.49. The minimum Gasteiger partial charge on any atom is -0.481 e. The number of hydrogen-bond acceptors (Lipinski definition) is 3. The number of ether oxygens (including phenoxy) is 1. The van der Waals surface area contributed by atoms with E-state index in [0.29, 0.717) is 16.7 Å². The molecule has 27 heavy (non-hydrogen) atoms. The molecule has 0 spiro atoms. The van der Waals surface area contributed by atoms with Crippen molar-refractivity contribution in [2.45, 2.75) is 13.5 Å². The van der Waals surface area contributed by atoms with Crippen LogP contribution >= 0.6 is 0 Å². The van der Waals surface area contributed by atoms with Gasteiger partial charge >= 0.3 is 0 Å². The van der Waals surface area contributed by atoms with Crippen molar-refractivity contribution in [1.29, 1.82) is 0 Å². The predicted molar refractivity (Wildman–Crippen MR) is 103 cm³/mol. The lowest BCUT2D eigenvalue weighted by Crippen LogP contribution is -2.10. The van der Waals surface area contributed by atoms with Crippen molar-refractivity contribution in [1.82, 2.24) is 0 Å². The summed E-state index contributed by atoms with van der Waals surface area (Å²) in [6, 6.07) is 20.8. The summed E-state index contributed by atoms with van der Waals surface area (Å²) in [5.74, 6) is 0.229. The third kappa shape index (κ3) is 3.47. The summed E-state index contributed by atoms with van der Waals surface area (Å²) < 4.78 is 25.0. The quantitative estimate of drug-likeness (QED) is 0.483. The van der Waals surface area contributed by atoms with E-state index in [-0.39, 0.29) is 23.6 Å². The zero-order chi connectivity index (χ0) is 18.8. The van der Waals surface area contributed by atoms with Gasteiger partial charge in [-0.05, 0) is 36.8 Å². The van der Waals surface area contributed by atoms with Gasteiger partial charge < -0.3 is 9.15 Å². The number of benzene rings is 3. The Balaban J connectivity index is 1.82. The van der Waals surface area contributed by atoms with Crippen molar-refractivity contribution in [2.75, 3.05) is 0 Å². The fourth-order valence-corrected chi connectivity index (χ4v) is 2.89. The molecule has 4 heteroatoms. The zero-order valence-electron chi connectivity index (χ0n) is 14.7. The summed E-state index contributed by atoms with van der Waals surface area (Å²) in [7, 11) is 0.